The average Bonchev–Trinajstić information content (AvgIpc) is 2.52. The van der Waals surface area contributed by atoms with E-state index in [0.717, 1.165) is 19.3 Å². The van der Waals surface area contributed by atoms with Crippen LogP contribution in [0.1, 0.15) is 64.0 Å². The fraction of sp³-hybridized carbons (Fsp3) is 0.619. The first-order valence-corrected chi connectivity index (χ1v) is 9.52. The molecule has 2 heterocycles. The number of rotatable bonds is 2. The highest BCUT2D eigenvalue weighted by Gasteiger charge is 2.49. The van der Waals surface area contributed by atoms with Gasteiger partial charge in [0.25, 0.3) is 0 Å². The summed E-state index contributed by atoms with van der Waals surface area (Å²) >= 11 is 0. The fourth-order valence-corrected chi connectivity index (χ4v) is 4.40. The van der Waals surface area contributed by atoms with Crippen molar-refractivity contribution in [3.63, 3.8) is 0 Å². The first-order chi connectivity index (χ1) is 12.6. The van der Waals surface area contributed by atoms with Crippen molar-refractivity contribution in [2.75, 3.05) is 0 Å². The summed E-state index contributed by atoms with van der Waals surface area (Å²) in [6, 6.07) is 6.26. The van der Waals surface area contributed by atoms with Crippen LogP contribution in [0.15, 0.2) is 18.2 Å². The number of benzene rings is 1. The number of nitrogens with zero attached hydrogens (tertiary/aromatic N) is 2. The van der Waals surface area contributed by atoms with Crippen molar-refractivity contribution in [2.45, 2.75) is 82.6 Å². The van der Waals surface area contributed by atoms with Crippen LogP contribution in [0.25, 0.3) is 0 Å². The Bertz CT molecular complexity index is 752. The van der Waals surface area contributed by atoms with E-state index < -0.39 is 17.0 Å². The van der Waals surface area contributed by atoms with Gasteiger partial charge in [-0.2, -0.15) is 5.26 Å². The Labute approximate surface area is 159 Å². The molecule has 6 heteroatoms. The molecule has 27 heavy (non-hydrogen) atoms. The zero-order valence-electron chi connectivity index (χ0n) is 16.2. The van der Waals surface area contributed by atoms with Gasteiger partial charge in [-0.1, -0.05) is 12.1 Å². The molecule has 2 aliphatic rings. The Kier molecular flexibility index (Phi) is 5.18. The number of halogens is 1. The second-order valence-electron chi connectivity index (χ2n) is 8.72. The van der Waals surface area contributed by atoms with Crippen molar-refractivity contribution in [3.05, 3.63) is 35.1 Å². The smallest absolute Gasteiger partial charge is 0.410 e. The summed E-state index contributed by atoms with van der Waals surface area (Å²) in [6.07, 6.45) is 2.87. The molecule has 3 rings (SSSR count). The second kappa shape index (κ2) is 7.12. The first-order valence-electron chi connectivity index (χ1n) is 9.52. The van der Waals surface area contributed by atoms with E-state index in [4.69, 9.17) is 10.00 Å². The number of piperidine rings is 2. The van der Waals surface area contributed by atoms with Gasteiger partial charge in [0, 0.05) is 30.5 Å². The SMILES string of the molecule is CC(C)(C)OC(=O)N1C2CCCC1CC(O)(c1ccc(CC#N)cc1F)C2. The van der Waals surface area contributed by atoms with E-state index in [0.29, 0.717) is 5.56 Å². The normalized spacial score (nSPS) is 27.8. The van der Waals surface area contributed by atoms with Crippen LogP contribution >= 0.6 is 0 Å². The summed E-state index contributed by atoms with van der Waals surface area (Å²) in [5, 5.41) is 20.1. The third kappa shape index (κ3) is 4.08. The van der Waals surface area contributed by atoms with Crippen LogP contribution in [0.2, 0.25) is 0 Å². The van der Waals surface area contributed by atoms with Crippen molar-refractivity contribution >= 4 is 6.09 Å². The molecule has 2 saturated heterocycles. The molecule has 1 aromatic rings. The Morgan fingerprint density at radius 1 is 1.37 bits per heavy atom. The van der Waals surface area contributed by atoms with Crippen molar-refractivity contribution in [1.29, 1.82) is 5.26 Å². The summed E-state index contributed by atoms with van der Waals surface area (Å²) < 4.78 is 20.2. The molecular weight excluding hydrogens is 347 g/mol. The molecule has 0 saturated carbocycles. The molecule has 146 valence electrons. The Morgan fingerprint density at radius 3 is 2.52 bits per heavy atom. The molecule has 5 nitrogen and oxygen atoms in total. The average molecular weight is 374 g/mol. The highest BCUT2D eigenvalue weighted by Crippen LogP contribution is 2.45. The summed E-state index contributed by atoms with van der Waals surface area (Å²) in [5.74, 6) is -0.492. The molecule has 0 aromatic heterocycles. The van der Waals surface area contributed by atoms with Crippen LogP contribution in [-0.4, -0.2) is 33.8 Å². The summed E-state index contributed by atoms with van der Waals surface area (Å²) in [4.78, 5) is 14.4. The van der Waals surface area contributed by atoms with Gasteiger partial charge in [-0.3, -0.25) is 0 Å². The Balaban J connectivity index is 1.85. The largest absolute Gasteiger partial charge is 0.444 e. The Morgan fingerprint density at radius 2 is 2.00 bits per heavy atom. The fourth-order valence-electron chi connectivity index (χ4n) is 4.40. The molecule has 1 aromatic carbocycles. The minimum atomic E-state index is -1.32. The van der Waals surface area contributed by atoms with E-state index in [-0.39, 0.29) is 43.0 Å². The number of hydrogen-bond acceptors (Lipinski definition) is 4. The molecule has 1 amide bonds. The molecule has 0 spiro atoms. The van der Waals surface area contributed by atoms with Crippen LogP contribution in [0.5, 0.6) is 0 Å². The summed E-state index contributed by atoms with van der Waals surface area (Å²) in [7, 11) is 0. The zero-order valence-corrected chi connectivity index (χ0v) is 16.2. The maximum Gasteiger partial charge on any atom is 0.410 e. The van der Waals surface area contributed by atoms with Gasteiger partial charge < -0.3 is 14.7 Å². The molecule has 2 atom stereocenters. The molecular formula is C21H27FN2O3. The number of nitriles is 1. The van der Waals surface area contributed by atoms with Crippen molar-refractivity contribution in [2.24, 2.45) is 0 Å². The number of hydrogen-bond donors (Lipinski definition) is 1. The monoisotopic (exact) mass is 374 g/mol. The van der Waals surface area contributed by atoms with Gasteiger partial charge in [0.15, 0.2) is 0 Å². The molecule has 2 aliphatic heterocycles. The number of amides is 1. The maximum atomic E-state index is 14.7. The van der Waals surface area contributed by atoms with Gasteiger partial charge in [0.05, 0.1) is 18.1 Å². The predicted octanol–water partition coefficient (Wildman–Crippen LogP) is 4.03. The Hall–Kier alpha value is -2.13. The minimum absolute atomic E-state index is 0.132. The maximum absolute atomic E-state index is 14.7. The predicted molar refractivity (Wildman–Crippen MR) is 98.3 cm³/mol. The van der Waals surface area contributed by atoms with Crippen molar-refractivity contribution in [3.8, 4) is 6.07 Å². The highest BCUT2D eigenvalue weighted by molar-refractivity contribution is 5.69. The second-order valence-corrected chi connectivity index (χ2v) is 8.72. The van der Waals surface area contributed by atoms with E-state index in [1.54, 1.807) is 17.0 Å². The van der Waals surface area contributed by atoms with Gasteiger partial charge in [-0.25, -0.2) is 9.18 Å². The van der Waals surface area contributed by atoms with Gasteiger partial charge in [0.2, 0.25) is 0 Å². The van der Waals surface area contributed by atoms with Crippen LogP contribution < -0.4 is 0 Å². The van der Waals surface area contributed by atoms with Gasteiger partial charge in [-0.15, -0.1) is 0 Å². The molecule has 2 fully saturated rings. The number of carbonyl (C=O) groups excluding carboxylic acids is 1. The number of carbonyl (C=O) groups is 1. The third-order valence-corrected chi connectivity index (χ3v) is 5.43. The molecule has 2 unspecified atom stereocenters. The summed E-state index contributed by atoms with van der Waals surface area (Å²) in [5.41, 5.74) is -1.05. The highest BCUT2D eigenvalue weighted by atomic mass is 19.1. The molecule has 2 bridgehead atoms. The molecule has 0 radical (unpaired) electrons. The lowest BCUT2D eigenvalue weighted by atomic mass is 9.72. The molecule has 0 aliphatic carbocycles. The lowest BCUT2D eigenvalue weighted by Gasteiger charge is -2.51. The van der Waals surface area contributed by atoms with E-state index >= 15 is 0 Å². The van der Waals surface area contributed by atoms with E-state index in [1.165, 1.54) is 6.07 Å². The van der Waals surface area contributed by atoms with E-state index in [9.17, 15) is 14.3 Å². The number of ether oxygens (including phenoxy) is 1. The third-order valence-electron chi connectivity index (χ3n) is 5.43. The van der Waals surface area contributed by atoms with Crippen molar-refractivity contribution < 1.29 is 19.0 Å². The lowest BCUT2D eigenvalue weighted by molar-refractivity contribution is -0.0978. The van der Waals surface area contributed by atoms with Crippen LogP contribution in [-0.2, 0) is 16.8 Å². The number of aliphatic hydroxyl groups is 1. The topological polar surface area (TPSA) is 73.6 Å². The first kappa shape index (κ1) is 19.6. The van der Waals surface area contributed by atoms with Crippen LogP contribution in [0.4, 0.5) is 9.18 Å². The van der Waals surface area contributed by atoms with Gasteiger partial charge >= 0.3 is 6.09 Å². The van der Waals surface area contributed by atoms with Crippen LogP contribution in [0, 0.1) is 17.1 Å². The zero-order chi connectivity index (χ0) is 19.8. The van der Waals surface area contributed by atoms with E-state index in [1.807, 2.05) is 26.8 Å². The van der Waals surface area contributed by atoms with E-state index in [2.05, 4.69) is 0 Å². The molecule has 1 N–H and O–H groups in total. The standard InChI is InChI=1S/C21H27FN2O3/c1-20(2,3)27-19(25)24-15-5-4-6-16(24)13-21(26,12-15)17-8-7-14(9-10-23)11-18(17)22/h7-8,11,15-16,26H,4-6,9,12-13H2,1-3H3. The summed E-state index contributed by atoms with van der Waals surface area (Å²) in [6.45, 7) is 5.50. The van der Waals surface area contributed by atoms with Gasteiger partial charge in [-0.05, 0) is 51.7 Å². The lowest BCUT2D eigenvalue weighted by Crippen LogP contribution is -2.59. The van der Waals surface area contributed by atoms with Crippen LogP contribution in [0.3, 0.4) is 0 Å². The number of fused-ring (bicyclic) bond motifs is 2. The quantitative estimate of drug-likeness (QED) is 0.848. The minimum Gasteiger partial charge on any atom is -0.444 e. The van der Waals surface area contributed by atoms with Crippen molar-refractivity contribution in [1.82, 2.24) is 4.90 Å². The van der Waals surface area contributed by atoms with Gasteiger partial charge in [0.1, 0.15) is 11.4 Å².